The molecule has 0 bridgehead atoms. The molecule has 0 saturated heterocycles. The molecule has 0 radical (unpaired) electrons. The maximum atomic E-state index is 5.73. The molecule has 0 aliphatic carbocycles. The molecule has 110 valence electrons. The van der Waals surface area contributed by atoms with Crippen molar-refractivity contribution in [2.75, 3.05) is 14.2 Å². The molecule has 1 aromatic heterocycles. The predicted octanol–water partition coefficient (Wildman–Crippen LogP) is 3.49. The van der Waals surface area contributed by atoms with Crippen molar-refractivity contribution in [2.45, 2.75) is 39.3 Å². The number of hydrogen-bond donors (Lipinski definition) is 1. The lowest BCUT2D eigenvalue weighted by molar-refractivity contribution is -0.00921. The maximum Gasteiger partial charge on any atom is 0.0955 e. The average molecular weight is 292 g/mol. The normalized spacial score (nSPS) is 15.4. The molecular formula is C16H24N2OS. The Hall–Kier alpha value is -0.970. The molecule has 20 heavy (non-hydrogen) atoms. The van der Waals surface area contributed by atoms with Gasteiger partial charge in [-0.05, 0) is 24.6 Å². The summed E-state index contributed by atoms with van der Waals surface area (Å²) in [6.07, 6.45) is 1.05. The first-order valence-electron chi connectivity index (χ1n) is 7.00. The van der Waals surface area contributed by atoms with E-state index in [2.05, 4.69) is 44.3 Å². The second-order valence-electron chi connectivity index (χ2n) is 6.20. The first-order valence-corrected chi connectivity index (χ1v) is 7.82. The summed E-state index contributed by atoms with van der Waals surface area (Å²) < 4.78 is 6.98. The standard InChI is InChI=1S/C16H24N2OS/c1-16(2,3)15(19-5)12(17-4)10-14-18-11-8-6-7-9-13(11)20-14/h6-9,12,15,17H,10H2,1-5H3. The predicted molar refractivity (Wildman–Crippen MR) is 86.4 cm³/mol. The Kier molecular flexibility index (Phi) is 4.78. The van der Waals surface area contributed by atoms with Crippen molar-refractivity contribution in [2.24, 2.45) is 5.41 Å². The monoisotopic (exact) mass is 292 g/mol. The molecule has 0 fully saturated rings. The number of likely N-dealkylation sites (N-methyl/N-ethyl adjacent to an activating group) is 1. The molecule has 2 unspecified atom stereocenters. The Morgan fingerprint density at radius 1 is 1.30 bits per heavy atom. The number of aromatic nitrogens is 1. The van der Waals surface area contributed by atoms with Gasteiger partial charge in [0.15, 0.2) is 0 Å². The van der Waals surface area contributed by atoms with Crippen LogP contribution in [-0.2, 0) is 11.2 Å². The summed E-state index contributed by atoms with van der Waals surface area (Å²) in [6.45, 7) is 6.64. The third-order valence-electron chi connectivity index (χ3n) is 3.58. The number of nitrogens with zero attached hydrogens (tertiary/aromatic N) is 1. The highest BCUT2D eigenvalue weighted by molar-refractivity contribution is 7.18. The second-order valence-corrected chi connectivity index (χ2v) is 7.31. The summed E-state index contributed by atoms with van der Waals surface area (Å²) in [4.78, 5) is 4.72. The second kappa shape index (κ2) is 6.20. The van der Waals surface area contributed by atoms with Crippen LogP contribution in [0.3, 0.4) is 0 Å². The van der Waals surface area contributed by atoms with Crippen molar-refractivity contribution >= 4 is 21.6 Å². The number of methoxy groups -OCH3 is 1. The van der Waals surface area contributed by atoms with Crippen LogP contribution in [0.1, 0.15) is 25.8 Å². The number of benzene rings is 1. The van der Waals surface area contributed by atoms with Crippen molar-refractivity contribution in [3.63, 3.8) is 0 Å². The zero-order valence-electron chi connectivity index (χ0n) is 12.9. The Morgan fingerprint density at radius 3 is 2.55 bits per heavy atom. The number of ether oxygens (including phenoxy) is 1. The van der Waals surface area contributed by atoms with E-state index in [4.69, 9.17) is 9.72 Å². The van der Waals surface area contributed by atoms with Crippen LogP contribution < -0.4 is 5.32 Å². The molecule has 1 aromatic carbocycles. The van der Waals surface area contributed by atoms with E-state index in [1.54, 1.807) is 18.4 Å². The molecule has 0 saturated carbocycles. The van der Waals surface area contributed by atoms with Crippen LogP contribution in [0.15, 0.2) is 24.3 Å². The number of rotatable bonds is 5. The molecule has 0 aliphatic heterocycles. The van der Waals surface area contributed by atoms with Gasteiger partial charge < -0.3 is 10.1 Å². The van der Waals surface area contributed by atoms with Crippen molar-refractivity contribution < 1.29 is 4.74 Å². The molecule has 1 heterocycles. The van der Waals surface area contributed by atoms with E-state index < -0.39 is 0 Å². The highest BCUT2D eigenvalue weighted by atomic mass is 32.1. The van der Waals surface area contributed by atoms with Gasteiger partial charge in [0.1, 0.15) is 0 Å². The van der Waals surface area contributed by atoms with E-state index >= 15 is 0 Å². The number of hydrogen-bond acceptors (Lipinski definition) is 4. The number of nitrogens with one attached hydrogen (secondary N) is 1. The van der Waals surface area contributed by atoms with Gasteiger partial charge in [0, 0.05) is 19.6 Å². The maximum absolute atomic E-state index is 5.73. The lowest BCUT2D eigenvalue weighted by atomic mass is 9.83. The quantitative estimate of drug-likeness (QED) is 0.916. The van der Waals surface area contributed by atoms with Gasteiger partial charge in [-0.1, -0.05) is 32.9 Å². The van der Waals surface area contributed by atoms with E-state index in [9.17, 15) is 0 Å². The minimum Gasteiger partial charge on any atom is -0.379 e. The van der Waals surface area contributed by atoms with Gasteiger partial charge in [-0.25, -0.2) is 4.98 Å². The Labute approximate surface area is 125 Å². The zero-order valence-corrected chi connectivity index (χ0v) is 13.8. The van der Waals surface area contributed by atoms with Gasteiger partial charge in [-0.15, -0.1) is 11.3 Å². The van der Waals surface area contributed by atoms with Gasteiger partial charge in [0.2, 0.25) is 0 Å². The van der Waals surface area contributed by atoms with Gasteiger partial charge >= 0.3 is 0 Å². The van der Waals surface area contributed by atoms with E-state index in [1.807, 2.05) is 13.1 Å². The van der Waals surface area contributed by atoms with Crippen LogP contribution in [-0.4, -0.2) is 31.3 Å². The van der Waals surface area contributed by atoms with Crippen LogP contribution in [0.2, 0.25) is 0 Å². The van der Waals surface area contributed by atoms with Crippen molar-refractivity contribution in [3.05, 3.63) is 29.3 Å². The van der Waals surface area contributed by atoms with Crippen molar-refractivity contribution in [3.8, 4) is 0 Å². The average Bonchev–Trinajstić information content (AvgIpc) is 2.79. The number of thiazole rings is 1. The summed E-state index contributed by atoms with van der Waals surface area (Å²) >= 11 is 1.77. The van der Waals surface area contributed by atoms with Crippen LogP contribution in [0.25, 0.3) is 10.2 Å². The molecule has 0 amide bonds. The Balaban J connectivity index is 2.20. The van der Waals surface area contributed by atoms with Crippen molar-refractivity contribution in [1.82, 2.24) is 10.3 Å². The minimum absolute atomic E-state index is 0.0963. The number of fused-ring (bicyclic) bond motifs is 1. The molecule has 2 aromatic rings. The molecule has 1 N–H and O–H groups in total. The fraction of sp³-hybridized carbons (Fsp3) is 0.562. The molecule has 2 atom stereocenters. The summed E-state index contributed by atoms with van der Waals surface area (Å²) in [5, 5.41) is 4.56. The molecule has 2 rings (SSSR count). The Morgan fingerprint density at radius 2 is 2.00 bits per heavy atom. The van der Waals surface area contributed by atoms with Gasteiger partial charge in [0.05, 0.1) is 21.3 Å². The van der Waals surface area contributed by atoms with Crippen molar-refractivity contribution in [1.29, 1.82) is 0 Å². The fourth-order valence-electron chi connectivity index (χ4n) is 2.68. The minimum atomic E-state index is 0.0963. The molecule has 3 nitrogen and oxygen atoms in total. The highest BCUT2D eigenvalue weighted by Gasteiger charge is 2.32. The fourth-order valence-corrected chi connectivity index (χ4v) is 3.70. The molecular weight excluding hydrogens is 268 g/mol. The number of para-hydroxylation sites is 1. The Bertz CT molecular complexity index is 526. The summed E-state index contributed by atoms with van der Waals surface area (Å²) in [5.41, 5.74) is 1.19. The summed E-state index contributed by atoms with van der Waals surface area (Å²) in [6, 6.07) is 8.56. The van der Waals surface area contributed by atoms with Crippen LogP contribution in [0, 0.1) is 5.41 Å². The molecule has 0 spiro atoms. The third kappa shape index (κ3) is 3.37. The molecule has 4 heteroatoms. The first-order chi connectivity index (χ1) is 9.45. The van der Waals surface area contributed by atoms with Gasteiger partial charge in [-0.2, -0.15) is 0 Å². The summed E-state index contributed by atoms with van der Waals surface area (Å²) in [7, 11) is 3.79. The van der Waals surface area contributed by atoms with Gasteiger partial charge in [0.25, 0.3) is 0 Å². The third-order valence-corrected chi connectivity index (χ3v) is 4.64. The van der Waals surface area contributed by atoms with Crippen LogP contribution in [0.4, 0.5) is 0 Å². The first kappa shape index (κ1) is 15.4. The lowest BCUT2D eigenvalue weighted by Gasteiger charge is -2.35. The largest absolute Gasteiger partial charge is 0.379 e. The highest BCUT2D eigenvalue weighted by Crippen LogP contribution is 2.28. The van der Waals surface area contributed by atoms with Gasteiger partial charge in [-0.3, -0.25) is 0 Å². The van der Waals surface area contributed by atoms with E-state index in [0.717, 1.165) is 16.9 Å². The smallest absolute Gasteiger partial charge is 0.0955 e. The van der Waals surface area contributed by atoms with Crippen LogP contribution in [0.5, 0.6) is 0 Å². The SMILES string of the molecule is CNC(Cc1nc2ccccc2s1)C(OC)C(C)(C)C. The van der Waals surface area contributed by atoms with Crippen LogP contribution >= 0.6 is 11.3 Å². The van der Waals surface area contributed by atoms with E-state index in [1.165, 1.54) is 4.70 Å². The lowest BCUT2D eigenvalue weighted by Crippen LogP contribution is -2.47. The zero-order chi connectivity index (χ0) is 14.8. The van der Waals surface area contributed by atoms with E-state index in [-0.39, 0.29) is 17.6 Å². The summed E-state index contributed by atoms with van der Waals surface area (Å²) in [5.74, 6) is 0. The van der Waals surface area contributed by atoms with E-state index in [0.29, 0.717) is 0 Å². The molecule has 0 aliphatic rings. The topological polar surface area (TPSA) is 34.2 Å².